The first kappa shape index (κ1) is 29.1. The Morgan fingerprint density at radius 2 is 1.84 bits per heavy atom. The highest BCUT2D eigenvalue weighted by Gasteiger charge is 2.34. The molecule has 0 aliphatic carbocycles. The lowest BCUT2D eigenvalue weighted by molar-refractivity contribution is -0.133. The van der Waals surface area contributed by atoms with Gasteiger partial charge in [-0.1, -0.05) is 44.2 Å². The fraction of sp³-hybridized carbons (Fsp3) is 0.519. The number of hydrogen-bond acceptors (Lipinski definition) is 7. The zero-order valence-electron chi connectivity index (χ0n) is 22.0. The molecule has 1 fully saturated rings. The highest BCUT2D eigenvalue weighted by atomic mass is 32.2. The molecule has 37 heavy (non-hydrogen) atoms. The molecule has 1 amide bonds. The molecule has 0 spiro atoms. The van der Waals surface area contributed by atoms with Crippen molar-refractivity contribution in [2.75, 3.05) is 47.0 Å². The fourth-order valence-corrected chi connectivity index (χ4v) is 5.92. The van der Waals surface area contributed by atoms with Crippen molar-refractivity contribution in [1.29, 1.82) is 0 Å². The second-order valence-electron chi connectivity index (χ2n) is 9.83. The van der Waals surface area contributed by atoms with Crippen LogP contribution in [-0.4, -0.2) is 93.8 Å². The molecule has 1 saturated heterocycles. The van der Waals surface area contributed by atoms with Crippen molar-refractivity contribution in [3.05, 3.63) is 60.2 Å². The van der Waals surface area contributed by atoms with Gasteiger partial charge in [0, 0.05) is 19.6 Å². The highest BCUT2D eigenvalue weighted by Crippen LogP contribution is 2.22. The Bertz CT molecular complexity index is 1090. The minimum Gasteiger partial charge on any atom is -0.497 e. The summed E-state index contributed by atoms with van der Waals surface area (Å²) in [6.07, 6.45) is -0.797. The third-order valence-electron chi connectivity index (χ3n) is 6.45. The van der Waals surface area contributed by atoms with Crippen LogP contribution in [0.25, 0.3) is 0 Å². The van der Waals surface area contributed by atoms with E-state index in [9.17, 15) is 18.3 Å². The second kappa shape index (κ2) is 13.3. The maximum atomic E-state index is 13.6. The van der Waals surface area contributed by atoms with E-state index in [0.29, 0.717) is 25.3 Å². The van der Waals surface area contributed by atoms with Gasteiger partial charge in [-0.05, 0) is 49.2 Å². The lowest BCUT2D eigenvalue weighted by atomic mass is 10.00. The van der Waals surface area contributed by atoms with Crippen molar-refractivity contribution < 1.29 is 27.8 Å². The first-order chi connectivity index (χ1) is 17.6. The van der Waals surface area contributed by atoms with Crippen molar-refractivity contribution in [2.45, 2.75) is 43.4 Å². The number of morpholine rings is 1. The summed E-state index contributed by atoms with van der Waals surface area (Å²) in [5.74, 6) is 0.322. The minimum atomic E-state index is -3.90. The molecular weight excluding hydrogens is 494 g/mol. The first-order valence-corrected chi connectivity index (χ1v) is 14.0. The number of aliphatic hydroxyl groups excluding tert-OH is 1. The predicted molar refractivity (Wildman–Crippen MR) is 142 cm³/mol. The quantitative estimate of drug-likeness (QED) is 0.428. The molecule has 3 rings (SSSR count). The number of likely N-dealkylation sites (N-methyl/N-ethyl adjacent to an activating group) is 1. The Balaban J connectivity index is 1.84. The number of benzene rings is 2. The minimum absolute atomic E-state index is 0.0235. The van der Waals surface area contributed by atoms with Crippen LogP contribution >= 0.6 is 0 Å². The summed E-state index contributed by atoms with van der Waals surface area (Å²) in [5, 5.41) is 14.4. The van der Waals surface area contributed by atoms with Crippen LogP contribution < -0.4 is 10.1 Å². The van der Waals surface area contributed by atoms with E-state index in [4.69, 9.17) is 9.47 Å². The van der Waals surface area contributed by atoms with Crippen LogP contribution in [0.15, 0.2) is 59.5 Å². The van der Waals surface area contributed by atoms with Gasteiger partial charge in [0.05, 0.1) is 37.4 Å². The number of ether oxygens (including phenoxy) is 2. The number of amides is 1. The lowest BCUT2D eigenvalue weighted by Gasteiger charge is -2.34. The normalized spacial score (nSPS) is 18.5. The zero-order valence-corrected chi connectivity index (χ0v) is 22.9. The standard InChI is InChI=1S/C27H39N3O6S/c1-20(2)17-30(37(33,34)23-12-10-22(35-4)11-13-23)18-26(31)24(16-21-8-6-5-7-9-21)28-27(32)25-19-36-15-14-29(25)3/h5-13,20,24-26,31H,14-19H2,1-4H3,(H,28,32)/t24-,25-,26+/m0/s1. The molecule has 0 saturated carbocycles. The molecule has 2 N–H and O–H groups in total. The Morgan fingerprint density at radius 1 is 1.16 bits per heavy atom. The molecule has 1 aliphatic rings. The third kappa shape index (κ3) is 7.99. The molecule has 9 nitrogen and oxygen atoms in total. The smallest absolute Gasteiger partial charge is 0.243 e. The Morgan fingerprint density at radius 3 is 2.43 bits per heavy atom. The van der Waals surface area contributed by atoms with Gasteiger partial charge in [-0.2, -0.15) is 4.31 Å². The summed E-state index contributed by atoms with van der Waals surface area (Å²) in [6.45, 7) is 5.35. The van der Waals surface area contributed by atoms with Crippen molar-refractivity contribution in [2.24, 2.45) is 5.92 Å². The zero-order chi connectivity index (χ0) is 27.0. The van der Waals surface area contributed by atoms with E-state index in [1.807, 2.05) is 56.1 Å². The van der Waals surface area contributed by atoms with Crippen LogP contribution in [0.3, 0.4) is 0 Å². The number of hydrogen-bond donors (Lipinski definition) is 2. The molecule has 0 aromatic heterocycles. The van der Waals surface area contributed by atoms with Crippen molar-refractivity contribution in [3.8, 4) is 5.75 Å². The fourth-order valence-electron chi connectivity index (χ4n) is 4.30. The van der Waals surface area contributed by atoms with Crippen LogP contribution in [0.4, 0.5) is 0 Å². The van der Waals surface area contributed by atoms with E-state index in [1.165, 1.54) is 23.5 Å². The summed E-state index contributed by atoms with van der Waals surface area (Å²) in [7, 11) is -0.524. The number of methoxy groups -OCH3 is 1. The number of nitrogens with one attached hydrogen (secondary N) is 1. The molecule has 0 bridgehead atoms. The number of carbonyl (C=O) groups is 1. The largest absolute Gasteiger partial charge is 0.497 e. The van der Waals surface area contributed by atoms with Gasteiger partial charge in [-0.3, -0.25) is 9.69 Å². The molecule has 3 atom stereocenters. The van der Waals surface area contributed by atoms with Gasteiger partial charge in [-0.25, -0.2) is 8.42 Å². The van der Waals surface area contributed by atoms with Gasteiger partial charge in [0.1, 0.15) is 11.8 Å². The average molecular weight is 534 g/mol. The molecule has 2 aromatic carbocycles. The molecule has 204 valence electrons. The van der Waals surface area contributed by atoms with E-state index < -0.39 is 28.2 Å². The van der Waals surface area contributed by atoms with Gasteiger partial charge < -0.3 is 19.9 Å². The Kier molecular flexibility index (Phi) is 10.5. The summed E-state index contributed by atoms with van der Waals surface area (Å²) in [4.78, 5) is 15.2. The monoisotopic (exact) mass is 533 g/mol. The summed E-state index contributed by atoms with van der Waals surface area (Å²) in [5.41, 5.74) is 0.925. The van der Waals surface area contributed by atoms with Gasteiger partial charge in [0.2, 0.25) is 15.9 Å². The van der Waals surface area contributed by atoms with E-state index >= 15 is 0 Å². The van der Waals surface area contributed by atoms with Crippen LogP contribution in [-0.2, 0) is 26.0 Å². The average Bonchev–Trinajstić information content (AvgIpc) is 2.88. The van der Waals surface area contributed by atoms with Gasteiger partial charge in [0.25, 0.3) is 0 Å². The Labute approximate surface area is 220 Å². The highest BCUT2D eigenvalue weighted by molar-refractivity contribution is 7.89. The number of nitrogens with zero attached hydrogens (tertiary/aromatic N) is 2. The SMILES string of the molecule is COc1ccc(S(=O)(=O)N(CC(C)C)C[C@@H](O)[C@H](Cc2ccccc2)NC(=O)[C@@H]2COCCN2C)cc1. The van der Waals surface area contributed by atoms with Gasteiger partial charge in [0.15, 0.2) is 0 Å². The topological polar surface area (TPSA) is 108 Å². The van der Waals surface area contributed by atoms with Crippen LogP contribution in [0.5, 0.6) is 5.75 Å². The molecule has 0 radical (unpaired) electrons. The summed E-state index contributed by atoms with van der Waals surface area (Å²) >= 11 is 0. The van der Waals surface area contributed by atoms with Crippen molar-refractivity contribution >= 4 is 15.9 Å². The number of sulfonamides is 1. The number of carbonyl (C=O) groups excluding carboxylic acids is 1. The number of rotatable bonds is 12. The number of aliphatic hydroxyl groups is 1. The van der Waals surface area contributed by atoms with Crippen molar-refractivity contribution in [1.82, 2.24) is 14.5 Å². The van der Waals surface area contributed by atoms with E-state index in [2.05, 4.69) is 5.32 Å². The van der Waals surface area contributed by atoms with Crippen LogP contribution in [0.1, 0.15) is 19.4 Å². The van der Waals surface area contributed by atoms with Gasteiger partial charge >= 0.3 is 0 Å². The van der Waals surface area contributed by atoms with Crippen LogP contribution in [0, 0.1) is 5.92 Å². The van der Waals surface area contributed by atoms with Crippen LogP contribution in [0.2, 0.25) is 0 Å². The second-order valence-corrected chi connectivity index (χ2v) is 11.8. The van der Waals surface area contributed by atoms with E-state index in [-0.39, 0.29) is 36.4 Å². The van der Waals surface area contributed by atoms with E-state index in [1.54, 1.807) is 12.1 Å². The van der Waals surface area contributed by atoms with E-state index in [0.717, 1.165) is 5.56 Å². The Hall–Kier alpha value is -2.50. The predicted octanol–water partition coefficient (Wildman–Crippen LogP) is 1.76. The molecular formula is C27H39N3O6S. The first-order valence-electron chi connectivity index (χ1n) is 12.6. The molecule has 1 heterocycles. The van der Waals surface area contributed by atoms with Gasteiger partial charge in [-0.15, -0.1) is 0 Å². The third-order valence-corrected chi connectivity index (χ3v) is 8.29. The molecule has 1 aliphatic heterocycles. The maximum absolute atomic E-state index is 13.6. The molecule has 2 aromatic rings. The lowest BCUT2D eigenvalue weighted by Crippen LogP contribution is -2.57. The van der Waals surface area contributed by atoms with Crippen molar-refractivity contribution in [3.63, 3.8) is 0 Å². The summed E-state index contributed by atoms with van der Waals surface area (Å²) < 4.78 is 39.1. The molecule has 0 unspecified atom stereocenters. The molecule has 10 heteroatoms. The maximum Gasteiger partial charge on any atom is 0.243 e. The summed E-state index contributed by atoms with van der Waals surface area (Å²) in [6, 6.07) is 14.5.